The number of thioether (sulfide) groups is 1. The van der Waals surface area contributed by atoms with E-state index in [2.05, 4.69) is 10.2 Å². The van der Waals surface area contributed by atoms with Crippen LogP contribution in [0.1, 0.15) is 24.7 Å². The van der Waals surface area contributed by atoms with Gasteiger partial charge >= 0.3 is 0 Å². The van der Waals surface area contributed by atoms with Crippen LogP contribution >= 0.6 is 11.8 Å². The molecule has 124 valence electrons. The quantitative estimate of drug-likeness (QED) is 0.614. The zero-order chi connectivity index (χ0) is 16.9. The summed E-state index contributed by atoms with van der Waals surface area (Å²) in [5.74, 6) is 0.286. The monoisotopic (exact) mass is 345 g/mol. The molecule has 1 saturated heterocycles. The van der Waals surface area contributed by atoms with Gasteiger partial charge in [0, 0.05) is 0 Å². The lowest BCUT2D eigenvalue weighted by atomic mass is 10.2. The van der Waals surface area contributed by atoms with Crippen molar-refractivity contribution in [2.75, 3.05) is 0 Å². The molecule has 0 saturated carbocycles. The molecule has 5 nitrogen and oxygen atoms in total. The van der Waals surface area contributed by atoms with Crippen molar-refractivity contribution in [2.45, 2.75) is 25.1 Å². The Balaban J connectivity index is 1.79. The molecule has 1 aliphatic rings. The maximum atomic E-state index is 13.0. The molecule has 1 aromatic heterocycles. The van der Waals surface area contributed by atoms with Gasteiger partial charge in [-0.2, -0.15) is 5.10 Å². The first kappa shape index (κ1) is 16.4. The number of benzene rings is 1. The second kappa shape index (κ2) is 7.44. The molecule has 0 aliphatic carbocycles. The Kier molecular flexibility index (Phi) is 5.10. The Labute approximate surface area is 143 Å². The average Bonchev–Trinajstić information content (AvgIpc) is 3.20. The summed E-state index contributed by atoms with van der Waals surface area (Å²) in [6.07, 6.45) is 3.76. The molecule has 2 aromatic rings. The Hall–Kier alpha value is -2.41. The zero-order valence-electron chi connectivity index (χ0n) is 13.1. The number of halogens is 1. The van der Waals surface area contributed by atoms with E-state index < -0.39 is 0 Å². The molecule has 1 fully saturated rings. The van der Waals surface area contributed by atoms with Crippen molar-refractivity contribution in [2.24, 2.45) is 10.2 Å². The number of amidine groups is 1. The number of hydrogen-bond donors (Lipinski definition) is 0. The molecule has 1 aliphatic heterocycles. The molecule has 0 spiro atoms. The summed E-state index contributed by atoms with van der Waals surface area (Å²) in [5, 5.41) is 8.54. The van der Waals surface area contributed by atoms with Gasteiger partial charge in [-0.1, -0.05) is 30.8 Å². The zero-order valence-corrected chi connectivity index (χ0v) is 13.9. The van der Waals surface area contributed by atoms with Crippen LogP contribution in [0.15, 0.2) is 57.3 Å². The van der Waals surface area contributed by atoms with E-state index in [-0.39, 0.29) is 17.0 Å². The van der Waals surface area contributed by atoms with Gasteiger partial charge in [0.05, 0.1) is 24.3 Å². The van der Waals surface area contributed by atoms with Gasteiger partial charge in [-0.3, -0.25) is 9.69 Å². The molecule has 2 heterocycles. The molecule has 0 radical (unpaired) electrons. The predicted octanol–water partition coefficient (Wildman–Crippen LogP) is 3.66. The molecule has 0 unspecified atom stereocenters. The number of carbonyl (C=O) groups excluding carboxylic acids is 1. The van der Waals surface area contributed by atoms with Crippen LogP contribution in [0.2, 0.25) is 0 Å². The number of furan rings is 1. The van der Waals surface area contributed by atoms with E-state index in [9.17, 15) is 9.18 Å². The number of carbonyl (C=O) groups is 1. The highest BCUT2D eigenvalue weighted by atomic mass is 32.2. The third-order valence-electron chi connectivity index (χ3n) is 3.52. The molecule has 1 atom stereocenters. The van der Waals surface area contributed by atoms with Crippen molar-refractivity contribution >= 4 is 29.1 Å². The van der Waals surface area contributed by atoms with E-state index in [4.69, 9.17) is 4.42 Å². The van der Waals surface area contributed by atoms with Crippen LogP contribution < -0.4 is 0 Å². The van der Waals surface area contributed by atoms with Crippen molar-refractivity contribution in [3.05, 3.63) is 59.8 Å². The summed E-state index contributed by atoms with van der Waals surface area (Å²) in [6, 6.07) is 9.61. The fourth-order valence-electron chi connectivity index (χ4n) is 2.26. The summed E-state index contributed by atoms with van der Waals surface area (Å²) >= 11 is 1.39. The minimum Gasteiger partial charge on any atom is -0.463 e. The highest BCUT2D eigenvalue weighted by molar-refractivity contribution is 8.15. The predicted molar refractivity (Wildman–Crippen MR) is 92.4 cm³/mol. The normalized spacial score (nSPS) is 19.8. The molecule has 1 aromatic carbocycles. The van der Waals surface area contributed by atoms with Gasteiger partial charge < -0.3 is 4.42 Å². The topological polar surface area (TPSA) is 58.2 Å². The Morgan fingerprint density at radius 2 is 2.12 bits per heavy atom. The van der Waals surface area contributed by atoms with E-state index >= 15 is 0 Å². The number of amides is 1. The van der Waals surface area contributed by atoms with Gasteiger partial charge in [0.15, 0.2) is 5.17 Å². The SMILES string of the molecule is CC[C@@H]1S/C(=N\N=C/c2ccco2)N(Cc2ccc(F)cc2)C1=O. The number of rotatable bonds is 5. The van der Waals surface area contributed by atoms with Gasteiger partial charge in [0.1, 0.15) is 11.6 Å². The van der Waals surface area contributed by atoms with E-state index in [1.165, 1.54) is 30.1 Å². The first-order valence-electron chi connectivity index (χ1n) is 7.54. The summed E-state index contributed by atoms with van der Waals surface area (Å²) in [7, 11) is 0. The Morgan fingerprint density at radius 1 is 1.33 bits per heavy atom. The Bertz CT molecular complexity index is 757. The highest BCUT2D eigenvalue weighted by Crippen LogP contribution is 2.30. The second-order valence-corrected chi connectivity index (χ2v) is 6.38. The largest absolute Gasteiger partial charge is 0.463 e. The van der Waals surface area contributed by atoms with Crippen molar-refractivity contribution in [3.63, 3.8) is 0 Å². The van der Waals surface area contributed by atoms with Gasteiger partial charge in [0.2, 0.25) is 5.91 Å². The molecule has 0 N–H and O–H groups in total. The van der Waals surface area contributed by atoms with Gasteiger partial charge in [-0.05, 0) is 36.2 Å². The van der Waals surface area contributed by atoms with Crippen LogP contribution in [0.4, 0.5) is 4.39 Å². The van der Waals surface area contributed by atoms with Crippen molar-refractivity contribution in [1.82, 2.24) is 4.90 Å². The fourth-order valence-corrected chi connectivity index (χ4v) is 3.29. The van der Waals surface area contributed by atoms with E-state index in [1.807, 2.05) is 6.92 Å². The number of nitrogens with zero attached hydrogens (tertiary/aromatic N) is 3. The first-order valence-corrected chi connectivity index (χ1v) is 8.42. The molecule has 0 bridgehead atoms. The van der Waals surface area contributed by atoms with E-state index in [1.54, 1.807) is 35.4 Å². The smallest absolute Gasteiger partial charge is 0.242 e. The van der Waals surface area contributed by atoms with E-state index in [0.717, 1.165) is 5.56 Å². The lowest BCUT2D eigenvalue weighted by Gasteiger charge is -2.15. The van der Waals surface area contributed by atoms with Crippen LogP contribution in [-0.2, 0) is 11.3 Å². The van der Waals surface area contributed by atoms with Crippen LogP contribution in [0.5, 0.6) is 0 Å². The fraction of sp³-hybridized carbons (Fsp3) is 0.235. The molecule has 1 amide bonds. The highest BCUT2D eigenvalue weighted by Gasteiger charge is 2.36. The third kappa shape index (κ3) is 3.73. The van der Waals surface area contributed by atoms with Crippen LogP contribution in [0.3, 0.4) is 0 Å². The maximum Gasteiger partial charge on any atom is 0.242 e. The standard InChI is InChI=1S/C17H16FN3O2S/c1-2-15-16(22)21(11-12-5-7-13(18)8-6-12)17(24-15)20-19-10-14-4-3-9-23-14/h3-10,15H,2,11H2,1H3/b19-10-,20-17-/t15-/m0/s1. The lowest BCUT2D eigenvalue weighted by Crippen LogP contribution is -2.31. The second-order valence-electron chi connectivity index (χ2n) is 5.21. The van der Waals surface area contributed by atoms with Crippen molar-refractivity contribution < 1.29 is 13.6 Å². The van der Waals surface area contributed by atoms with Crippen LogP contribution in [0, 0.1) is 5.82 Å². The molecule has 3 rings (SSSR count). The lowest BCUT2D eigenvalue weighted by molar-refractivity contribution is -0.126. The summed E-state index contributed by atoms with van der Waals surface area (Å²) in [5.41, 5.74) is 0.838. The van der Waals surface area contributed by atoms with Gasteiger partial charge in [0.25, 0.3) is 0 Å². The van der Waals surface area contributed by atoms with E-state index in [0.29, 0.717) is 23.9 Å². The minimum atomic E-state index is -0.302. The summed E-state index contributed by atoms with van der Waals surface area (Å²) < 4.78 is 18.2. The molecule has 7 heteroatoms. The van der Waals surface area contributed by atoms with Crippen LogP contribution in [-0.4, -0.2) is 27.4 Å². The minimum absolute atomic E-state index is 0.00114. The first-order chi connectivity index (χ1) is 11.7. The molecular formula is C17H16FN3O2S. The van der Waals surface area contributed by atoms with Crippen molar-refractivity contribution in [3.8, 4) is 0 Å². The molecular weight excluding hydrogens is 329 g/mol. The summed E-state index contributed by atoms with van der Waals surface area (Å²) in [6.45, 7) is 2.30. The number of hydrogen-bond acceptors (Lipinski definition) is 5. The maximum absolute atomic E-state index is 13.0. The van der Waals surface area contributed by atoms with Crippen LogP contribution in [0.25, 0.3) is 0 Å². The summed E-state index contributed by atoms with van der Waals surface area (Å²) in [4.78, 5) is 14.1. The van der Waals surface area contributed by atoms with Gasteiger partial charge in [-0.15, -0.1) is 5.10 Å². The van der Waals surface area contributed by atoms with Crippen molar-refractivity contribution in [1.29, 1.82) is 0 Å². The Morgan fingerprint density at radius 3 is 2.79 bits per heavy atom. The molecule has 24 heavy (non-hydrogen) atoms. The van der Waals surface area contributed by atoms with Gasteiger partial charge in [-0.25, -0.2) is 4.39 Å². The average molecular weight is 345 g/mol. The third-order valence-corrected chi connectivity index (χ3v) is 4.85.